The van der Waals surface area contributed by atoms with E-state index >= 15 is 0 Å². The van der Waals surface area contributed by atoms with E-state index in [1.54, 1.807) is 0 Å². The Bertz CT molecular complexity index is 802. The van der Waals surface area contributed by atoms with Gasteiger partial charge in [-0.05, 0) is 40.2 Å². The minimum absolute atomic E-state index is 0.145. The predicted molar refractivity (Wildman–Crippen MR) is 81.0 cm³/mol. The Morgan fingerprint density at radius 2 is 1.96 bits per heavy atom. The van der Waals surface area contributed by atoms with Gasteiger partial charge in [0.05, 0.1) is 15.0 Å². The molecule has 0 saturated heterocycles. The fraction of sp³-hybridized carbons (Fsp3) is 0.143. The van der Waals surface area contributed by atoms with Crippen LogP contribution in [0, 0.1) is 21.7 Å². The molecule has 0 amide bonds. The molecule has 2 N–H and O–H groups in total. The highest BCUT2D eigenvalue weighted by molar-refractivity contribution is 9.10. The fourth-order valence-electron chi connectivity index (χ4n) is 2.16. The molecule has 2 rings (SSSR count). The zero-order valence-corrected chi connectivity index (χ0v) is 13.3. The molecule has 2 aromatic carbocycles. The van der Waals surface area contributed by atoms with Gasteiger partial charge < -0.3 is 10.5 Å². The molecule has 0 aliphatic heterocycles. The molecule has 24 heavy (non-hydrogen) atoms. The number of rotatable bonds is 5. The number of halogens is 5. The van der Waals surface area contributed by atoms with Crippen molar-refractivity contribution in [1.82, 2.24) is 0 Å². The maximum absolute atomic E-state index is 14.3. The number of nitrogens with two attached hydrogens (primary N) is 1. The molecule has 0 aliphatic carbocycles. The van der Waals surface area contributed by atoms with Crippen LogP contribution in [0.2, 0.25) is 0 Å². The summed E-state index contributed by atoms with van der Waals surface area (Å²) >= 11 is 2.86. The standard InChI is InChI=1S/C14H9BrF4N2O3/c15-9-5-10(20)13(21(22)23)8(12(9)17)4-6-3-7(16)1-2-11(6)24-14(18)19/h1-3,5,14H,4,20H2. The number of nitro benzene ring substituents is 1. The van der Waals surface area contributed by atoms with Gasteiger partial charge >= 0.3 is 6.61 Å². The van der Waals surface area contributed by atoms with Crippen LogP contribution < -0.4 is 10.5 Å². The van der Waals surface area contributed by atoms with Gasteiger partial charge in [0, 0.05) is 12.0 Å². The van der Waals surface area contributed by atoms with Crippen molar-refractivity contribution in [3.8, 4) is 5.75 Å². The molecule has 0 spiro atoms. The van der Waals surface area contributed by atoms with Gasteiger partial charge in [-0.3, -0.25) is 10.1 Å². The van der Waals surface area contributed by atoms with Crippen LogP contribution in [0.15, 0.2) is 28.7 Å². The highest BCUT2D eigenvalue weighted by Crippen LogP contribution is 2.36. The van der Waals surface area contributed by atoms with Gasteiger partial charge in [0.1, 0.15) is 23.1 Å². The molecule has 0 heterocycles. The molecule has 128 valence electrons. The van der Waals surface area contributed by atoms with Crippen LogP contribution in [-0.2, 0) is 6.42 Å². The summed E-state index contributed by atoms with van der Waals surface area (Å²) in [5.41, 5.74) is 3.83. The van der Waals surface area contributed by atoms with Crippen molar-refractivity contribution in [3.63, 3.8) is 0 Å². The van der Waals surface area contributed by atoms with Gasteiger partial charge in [-0.15, -0.1) is 0 Å². The van der Waals surface area contributed by atoms with Gasteiger partial charge in [-0.1, -0.05) is 0 Å². The third-order valence-corrected chi connectivity index (χ3v) is 3.68. The van der Waals surface area contributed by atoms with Crippen LogP contribution in [0.25, 0.3) is 0 Å². The molecule has 0 aromatic heterocycles. The second kappa shape index (κ2) is 7.04. The molecule has 5 nitrogen and oxygen atoms in total. The maximum atomic E-state index is 14.3. The first-order chi connectivity index (χ1) is 11.2. The zero-order valence-electron chi connectivity index (χ0n) is 11.7. The predicted octanol–water partition coefficient (Wildman–Crippen LogP) is 4.41. The van der Waals surface area contributed by atoms with Gasteiger partial charge in [-0.2, -0.15) is 8.78 Å². The maximum Gasteiger partial charge on any atom is 0.387 e. The zero-order chi connectivity index (χ0) is 18.0. The van der Waals surface area contributed by atoms with Gasteiger partial charge in [0.15, 0.2) is 0 Å². The molecular weight excluding hydrogens is 400 g/mol. The van der Waals surface area contributed by atoms with Crippen LogP contribution >= 0.6 is 15.9 Å². The second-order valence-electron chi connectivity index (χ2n) is 4.65. The summed E-state index contributed by atoms with van der Waals surface area (Å²) in [6, 6.07) is 3.65. The quantitative estimate of drug-likeness (QED) is 0.344. The van der Waals surface area contributed by atoms with Crippen molar-refractivity contribution < 1.29 is 27.2 Å². The van der Waals surface area contributed by atoms with Crippen LogP contribution in [0.1, 0.15) is 11.1 Å². The van der Waals surface area contributed by atoms with Crippen molar-refractivity contribution in [2.75, 3.05) is 5.73 Å². The van der Waals surface area contributed by atoms with Crippen LogP contribution in [-0.4, -0.2) is 11.5 Å². The van der Waals surface area contributed by atoms with Gasteiger partial charge in [-0.25, -0.2) is 8.78 Å². The first-order valence-corrected chi connectivity index (χ1v) is 7.14. The lowest BCUT2D eigenvalue weighted by Crippen LogP contribution is -2.08. The Morgan fingerprint density at radius 3 is 2.54 bits per heavy atom. The molecule has 0 radical (unpaired) electrons. The largest absolute Gasteiger partial charge is 0.435 e. The Balaban J connectivity index is 2.60. The summed E-state index contributed by atoms with van der Waals surface area (Å²) in [6.45, 7) is -3.19. The van der Waals surface area contributed by atoms with E-state index in [1.165, 1.54) is 0 Å². The number of nitro groups is 1. The molecule has 0 aliphatic rings. The normalized spacial score (nSPS) is 10.9. The molecule has 0 bridgehead atoms. The Kier molecular flexibility index (Phi) is 5.27. The van der Waals surface area contributed by atoms with Crippen molar-refractivity contribution in [2.45, 2.75) is 13.0 Å². The number of hydrogen-bond donors (Lipinski definition) is 1. The molecule has 0 atom stereocenters. The van der Waals surface area contributed by atoms with E-state index in [4.69, 9.17) is 5.73 Å². The van der Waals surface area contributed by atoms with E-state index in [0.29, 0.717) is 0 Å². The van der Waals surface area contributed by atoms with Crippen LogP contribution in [0.4, 0.5) is 28.9 Å². The van der Waals surface area contributed by atoms with E-state index in [1.807, 2.05) is 0 Å². The minimum Gasteiger partial charge on any atom is -0.435 e. The topological polar surface area (TPSA) is 78.4 Å². The van der Waals surface area contributed by atoms with Crippen molar-refractivity contribution >= 4 is 27.3 Å². The average molecular weight is 409 g/mol. The smallest absolute Gasteiger partial charge is 0.387 e. The molecule has 0 fully saturated rings. The van der Waals surface area contributed by atoms with E-state index in [0.717, 1.165) is 24.3 Å². The number of nitrogen functional groups attached to an aromatic ring is 1. The highest BCUT2D eigenvalue weighted by atomic mass is 79.9. The van der Waals surface area contributed by atoms with Crippen molar-refractivity contribution in [3.05, 3.63) is 61.6 Å². The fourth-order valence-corrected chi connectivity index (χ4v) is 2.64. The van der Waals surface area contributed by atoms with Crippen LogP contribution in [0.5, 0.6) is 5.75 Å². The molecule has 2 aromatic rings. The third-order valence-electron chi connectivity index (χ3n) is 3.10. The number of ether oxygens (including phenoxy) is 1. The number of alkyl halides is 2. The van der Waals surface area contributed by atoms with E-state index < -0.39 is 46.6 Å². The van der Waals surface area contributed by atoms with Crippen molar-refractivity contribution in [1.29, 1.82) is 0 Å². The van der Waals surface area contributed by atoms with E-state index in [2.05, 4.69) is 20.7 Å². The number of benzene rings is 2. The summed E-state index contributed by atoms with van der Waals surface area (Å²) in [5.74, 6) is -2.21. The average Bonchev–Trinajstić information content (AvgIpc) is 2.46. The lowest BCUT2D eigenvalue weighted by Gasteiger charge is -2.13. The number of nitrogens with zero attached hydrogens (tertiary/aromatic N) is 1. The Hall–Kier alpha value is -2.36. The summed E-state index contributed by atoms with van der Waals surface area (Å²) in [7, 11) is 0. The summed E-state index contributed by atoms with van der Waals surface area (Å²) in [5, 5.41) is 11.1. The number of anilines is 1. The van der Waals surface area contributed by atoms with Gasteiger partial charge in [0.2, 0.25) is 0 Å². The summed E-state index contributed by atoms with van der Waals surface area (Å²) in [4.78, 5) is 10.2. The third kappa shape index (κ3) is 3.75. The SMILES string of the molecule is Nc1cc(Br)c(F)c(Cc2cc(F)ccc2OC(F)F)c1[N+](=O)[O-]. The van der Waals surface area contributed by atoms with Crippen LogP contribution in [0.3, 0.4) is 0 Å². The monoisotopic (exact) mass is 408 g/mol. The second-order valence-corrected chi connectivity index (χ2v) is 5.51. The first kappa shape index (κ1) is 18.0. The highest BCUT2D eigenvalue weighted by Gasteiger charge is 2.26. The summed E-state index contributed by atoms with van der Waals surface area (Å²) < 4.78 is 56.6. The molecule has 0 saturated carbocycles. The Labute approximate surface area is 141 Å². The lowest BCUT2D eigenvalue weighted by molar-refractivity contribution is -0.384. The lowest BCUT2D eigenvalue weighted by atomic mass is 10.0. The minimum atomic E-state index is -3.19. The first-order valence-electron chi connectivity index (χ1n) is 6.34. The van der Waals surface area contributed by atoms with Gasteiger partial charge in [0.25, 0.3) is 5.69 Å². The van der Waals surface area contributed by atoms with E-state index in [9.17, 15) is 27.7 Å². The van der Waals surface area contributed by atoms with E-state index in [-0.39, 0.29) is 15.7 Å². The summed E-state index contributed by atoms with van der Waals surface area (Å²) in [6.07, 6.45) is -0.564. The Morgan fingerprint density at radius 1 is 1.29 bits per heavy atom. The molecular formula is C14H9BrF4N2O3. The van der Waals surface area contributed by atoms with Crippen molar-refractivity contribution in [2.24, 2.45) is 0 Å². The molecule has 0 unspecified atom stereocenters. The molecule has 10 heteroatoms. The number of hydrogen-bond acceptors (Lipinski definition) is 4.